The summed E-state index contributed by atoms with van der Waals surface area (Å²) in [5, 5.41) is 2.92. The van der Waals surface area contributed by atoms with E-state index in [-0.39, 0.29) is 18.0 Å². The molecule has 6 heteroatoms. The van der Waals surface area contributed by atoms with Crippen LogP contribution in [0, 0.1) is 5.41 Å². The third-order valence-corrected chi connectivity index (χ3v) is 2.44. The van der Waals surface area contributed by atoms with E-state index in [0.29, 0.717) is 4.90 Å². The summed E-state index contributed by atoms with van der Waals surface area (Å²) in [5.41, 5.74) is -0.213. The molecule has 16 heavy (non-hydrogen) atoms. The highest BCUT2D eigenvalue weighted by molar-refractivity contribution is 5.81. The second kappa shape index (κ2) is 5.03. The van der Waals surface area contributed by atoms with Crippen molar-refractivity contribution >= 4 is 5.91 Å². The van der Waals surface area contributed by atoms with Gasteiger partial charge in [-0.15, -0.1) is 0 Å². The van der Waals surface area contributed by atoms with Crippen molar-refractivity contribution in [2.75, 3.05) is 20.6 Å². The SMILES string of the molecule is CN[C@H](CN(C)C(=O)C(F)(F)F)C(C)(C)C. The number of carbonyl (C=O) groups excluding carboxylic acids is 1. The Labute approximate surface area is 94.0 Å². The number of hydrogen-bond donors (Lipinski definition) is 1. The smallest absolute Gasteiger partial charge is 0.336 e. The van der Waals surface area contributed by atoms with Crippen molar-refractivity contribution in [2.24, 2.45) is 5.41 Å². The van der Waals surface area contributed by atoms with Crippen LogP contribution in [0.15, 0.2) is 0 Å². The van der Waals surface area contributed by atoms with Gasteiger partial charge in [0.25, 0.3) is 0 Å². The number of alkyl halides is 3. The molecule has 0 aliphatic heterocycles. The molecule has 0 spiro atoms. The fraction of sp³-hybridized carbons (Fsp3) is 0.900. The van der Waals surface area contributed by atoms with Crippen LogP contribution in [0.4, 0.5) is 13.2 Å². The lowest BCUT2D eigenvalue weighted by atomic mass is 9.86. The average Bonchev–Trinajstić information content (AvgIpc) is 2.08. The Morgan fingerprint density at radius 3 is 2.00 bits per heavy atom. The molecule has 0 saturated heterocycles. The van der Waals surface area contributed by atoms with Crippen molar-refractivity contribution in [3.05, 3.63) is 0 Å². The summed E-state index contributed by atoms with van der Waals surface area (Å²) in [4.78, 5) is 11.6. The normalized spacial score (nSPS) is 14.8. The number of likely N-dealkylation sites (N-methyl/N-ethyl adjacent to an activating group) is 2. The highest BCUT2D eigenvalue weighted by atomic mass is 19.4. The maximum Gasteiger partial charge on any atom is 0.471 e. The van der Waals surface area contributed by atoms with Crippen molar-refractivity contribution in [3.8, 4) is 0 Å². The zero-order valence-corrected chi connectivity index (χ0v) is 10.3. The first-order valence-electron chi connectivity index (χ1n) is 4.99. The van der Waals surface area contributed by atoms with E-state index in [1.807, 2.05) is 20.8 Å². The van der Waals surface area contributed by atoms with Crippen molar-refractivity contribution in [1.29, 1.82) is 0 Å². The Bertz CT molecular complexity index is 245. The summed E-state index contributed by atoms with van der Waals surface area (Å²) < 4.78 is 36.4. The van der Waals surface area contributed by atoms with Gasteiger partial charge in [0.2, 0.25) is 0 Å². The molecule has 3 nitrogen and oxygen atoms in total. The molecular weight excluding hydrogens is 221 g/mol. The lowest BCUT2D eigenvalue weighted by Gasteiger charge is -2.33. The van der Waals surface area contributed by atoms with Gasteiger partial charge in [-0.1, -0.05) is 20.8 Å². The highest BCUT2D eigenvalue weighted by Crippen LogP contribution is 2.22. The maximum absolute atomic E-state index is 12.1. The Kier molecular flexibility index (Phi) is 4.79. The first-order chi connectivity index (χ1) is 7.00. The molecule has 0 aromatic rings. The van der Waals surface area contributed by atoms with E-state index in [9.17, 15) is 18.0 Å². The van der Waals surface area contributed by atoms with Gasteiger partial charge in [-0.25, -0.2) is 0 Å². The van der Waals surface area contributed by atoms with Gasteiger partial charge >= 0.3 is 12.1 Å². The van der Waals surface area contributed by atoms with E-state index >= 15 is 0 Å². The monoisotopic (exact) mass is 240 g/mol. The van der Waals surface area contributed by atoms with Crippen LogP contribution in [0.5, 0.6) is 0 Å². The third kappa shape index (κ3) is 4.38. The Morgan fingerprint density at radius 1 is 1.31 bits per heavy atom. The van der Waals surface area contributed by atoms with Crippen LogP contribution < -0.4 is 5.32 Å². The average molecular weight is 240 g/mol. The van der Waals surface area contributed by atoms with Crippen LogP contribution in [0.3, 0.4) is 0 Å². The standard InChI is InChI=1S/C10H19F3N2O/c1-9(2,3)7(14-4)6-15(5)8(16)10(11,12)13/h7,14H,6H2,1-5H3/t7-/m1/s1. The summed E-state index contributed by atoms with van der Waals surface area (Å²) >= 11 is 0. The molecule has 0 saturated carbocycles. The predicted octanol–water partition coefficient (Wildman–Crippen LogP) is 1.64. The van der Waals surface area contributed by atoms with Gasteiger partial charge in [-0.3, -0.25) is 4.79 Å². The molecule has 0 aliphatic carbocycles. The van der Waals surface area contributed by atoms with Gasteiger partial charge in [-0.2, -0.15) is 13.2 Å². The van der Waals surface area contributed by atoms with Gasteiger partial charge in [0.05, 0.1) is 0 Å². The minimum atomic E-state index is -4.80. The Morgan fingerprint density at radius 2 is 1.75 bits per heavy atom. The van der Waals surface area contributed by atoms with E-state index in [4.69, 9.17) is 0 Å². The molecule has 1 atom stereocenters. The molecular formula is C10H19F3N2O. The number of amides is 1. The minimum absolute atomic E-state index is 0.0261. The molecule has 0 rings (SSSR count). The fourth-order valence-corrected chi connectivity index (χ4v) is 1.37. The van der Waals surface area contributed by atoms with Crippen molar-refractivity contribution < 1.29 is 18.0 Å². The molecule has 0 aromatic heterocycles. The zero-order chi connectivity index (χ0) is 13.1. The maximum atomic E-state index is 12.1. The Hall–Kier alpha value is -0.780. The second-order valence-corrected chi connectivity index (χ2v) is 4.89. The molecule has 96 valence electrons. The zero-order valence-electron chi connectivity index (χ0n) is 10.3. The summed E-state index contributed by atoms with van der Waals surface area (Å²) in [6, 6.07) is -0.191. The molecule has 0 bridgehead atoms. The number of nitrogens with one attached hydrogen (secondary N) is 1. The topological polar surface area (TPSA) is 32.3 Å². The van der Waals surface area contributed by atoms with Gasteiger partial charge in [0, 0.05) is 19.6 Å². The van der Waals surface area contributed by atoms with Crippen LogP contribution in [0.1, 0.15) is 20.8 Å². The molecule has 0 fully saturated rings. The van der Waals surface area contributed by atoms with Crippen molar-refractivity contribution in [3.63, 3.8) is 0 Å². The Balaban J connectivity index is 4.55. The van der Waals surface area contributed by atoms with E-state index in [1.165, 1.54) is 0 Å². The lowest BCUT2D eigenvalue weighted by molar-refractivity contribution is -0.184. The first-order valence-corrected chi connectivity index (χ1v) is 4.99. The molecule has 0 unspecified atom stereocenters. The van der Waals surface area contributed by atoms with Gasteiger partial charge < -0.3 is 10.2 Å². The van der Waals surface area contributed by atoms with E-state index in [2.05, 4.69) is 5.32 Å². The van der Waals surface area contributed by atoms with E-state index in [0.717, 1.165) is 7.05 Å². The number of nitrogens with zero attached hydrogens (tertiary/aromatic N) is 1. The summed E-state index contributed by atoms with van der Waals surface area (Å²) in [5.74, 6) is -1.81. The second-order valence-electron chi connectivity index (χ2n) is 4.89. The van der Waals surface area contributed by atoms with Crippen LogP contribution in [0.2, 0.25) is 0 Å². The van der Waals surface area contributed by atoms with Gasteiger partial charge in [0.1, 0.15) is 0 Å². The highest BCUT2D eigenvalue weighted by Gasteiger charge is 2.42. The molecule has 0 aliphatic rings. The van der Waals surface area contributed by atoms with Crippen LogP contribution >= 0.6 is 0 Å². The molecule has 0 aromatic carbocycles. The minimum Gasteiger partial charge on any atom is -0.336 e. The van der Waals surface area contributed by atoms with E-state index in [1.54, 1.807) is 7.05 Å². The summed E-state index contributed by atoms with van der Waals surface area (Å²) in [6.45, 7) is 5.73. The predicted molar refractivity (Wildman–Crippen MR) is 56.0 cm³/mol. The quantitative estimate of drug-likeness (QED) is 0.813. The van der Waals surface area contributed by atoms with Crippen LogP contribution in [0.25, 0.3) is 0 Å². The number of rotatable bonds is 3. The van der Waals surface area contributed by atoms with Crippen molar-refractivity contribution in [1.82, 2.24) is 10.2 Å². The van der Waals surface area contributed by atoms with Crippen molar-refractivity contribution in [2.45, 2.75) is 33.0 Å². The first kappa shape index (κ1) is 15.2. The fourth-order valence-electron chi connectivity index (χ4n) is 1.37. The number of hydrogen-bond acceptors (Lipinski definition) is 2. The molecule has 0 heterocycles. The van der Waals surface area contributed by atoms with Crippen LogP contribution in [-0.4, -0.2) is 43.7 Å². The van der Waals surface area contributed by atoms with Gasteiger partial charge in [0.15, 0.2) is 0 Å². The molecule has 0 radical (unpaired) electrons. The van der Waals surface area contributed by atoms with E-state index < -0.39 is 12.1 Å². The number of carbonyl (C=O) groups is 1. The summed E-state index contributed by atoms with van der Waals surface area (Å²) in [7, 11) is 2.83. The molecule has 1 amide bonds. The molecule has 1 N–H and O–H groups in total. The summed E-state index contributed by atoms with van der Waals surface area (Å²) in [6.07, 6.45) is -4.80. The largest absolute Gasteiger partial charge is 0.471 e. The lowest BCUT2D eigenvalue weighted by Crippen LogP contribution is -2.50. The van der Waals surface area contributed by atoms with Gasteiger partial charge in [-0.05, 0) is 12.5 Å². The third-order valence-electron chi connectivity index (χ3n) is 2.44. The number of halogens is 3. The van der Waals surface area contributed by atoms with Crippen LogP contribution in [-0.2, 0) is 4.79 Å².